The van der Waals surface area contributed by atoms with Crippen LogP contribution in [0.5, 0.6) is 0 Å². The first-order valence-electron chi connectivity index (χ1n) is 7.20. The lowest BCUT2D eigenvalue weighted by Gasteiger charge is -2.10. The fourth-order valence-corrected chi connectivity index (χ4v) is 2.95. The minimum Gasteiger partial charge on any atom is -0.411 e. The highest BCUT2D eigenvalue weighted by atomic mass is 35.5. The summed E-state index contributed by atoms with van der Waals surface area (Å²) in [5.74, 6) is 0.0929. The molecule has 3 rings (SSSR count). The number of carbonyl (C=O) groups is 1. The van der Waals surface area contributed by atoms with Crippen molar-refractivity contribution in [3.63, 3.8) is 0 Å². The van der Waals surface area contributed by atoms with Crippen LogP contribution in [-0.4, -0.2) is 26.3 Å². The molecule has 0 saturated heterocycles. The molecule has 1 amide bonds. The predicted molar refractivity (Wildman–Crippen MR) is 97.9 cm³/mol. The first-order chi connectivity index (χ1) is 12.0. The summed E-state index contributed by atoms with van der Waals surface area (Å²) >= 11 is 13.0. The van der Waals surface area contributed by atoms with Gasteiger partial charge in [-0.3, -0.25) is 4.79 Å². The van der Waals surface area contributed by atoms with Crippen LogP contribution in [0.2, 0.25) is 10.2 Å². The summed E-state index contributed by atoms with van der Waals surface area (Å²) < 4.78 is 5.58. The van der Waals surface area contributed by atoms with Crippen LogP contribution in [0.15, 0.2) is 52.2 Å². The Morgan fingerprint density at radius 1 is 1.24 bits per heavy atom. The van der Waals surface area contributed by atoms with Gasteiger partial charge in [0.1, 0.15) is 0 Å². The summed E-state index contributed by atoms with van der Waals surface area (Å²) in [5.41, 5.74) is 1.16. The summed E-state index contributed by atoms with van der Waals surface area (Å²) in [6.45, 7) is 1.73. The van der Waals surface area contributed by atoms with Crippen molar-refractivity contribution in [2.45, 2.75) is 17.4 Å². The molecule has 1 aromatic carbocycles. The molecule has 1 atom stereocenters. The molecule has 0 bridgehead atoms. The van der Waals surface area contributed by atoms with Gasteiger partial charge in [-0.05, 0) is 37.3 Å². The molecule has 0 radical (unpaired) electrons. The van der Waals surface area contributed by atoms with E-state index in [0.717, 1.165) is 11.8 Å². The van der Waals surface area contributed by atoms with Gasteiger partial charge in [0, 0.05) is 16.8 Å². The van der Waals surface area contributed by atoms with E-state index in [2.05, 4.69) is 20.5 Å². The summed E-state index contributed by atoms with van der Waals surface area (Å²) in [6, 6.07) is 10.5. The molecule has 25 heavy (non-hydrogen) atoms. The van der Waals surface area contributed by atoms with Gasteiger partial charge in [0.15, 0.2) is 5.15 Å². The Bertz CT molecular complexity index is 903. The van der Waals surface area contributed by atoms with Gasteiger partial charge in [0.2, 0.25) is 11.8 Å². The molecular weight excluding hydrogens is 383 g/mol. The maximum absolute atomic E-state index is 12.3. The number of amides is 1. The van der Waals surface area contributed by atoms with E-state index in [9.17, 15) is 4.79 Å². The Morgan fingerprint density at radius 2 is 2.08 bits per heavy atom. The molecule has 0 aliphatic rings. The number of nitrogens with zero attached hydrogens (tertiary/aromatic N) is 3. The Kier molecular flexibility index (Phi) is 5.57. The fourth-order valence-electron chi connectivity index (χ4n) is 1.91. The molecule has 6 nitrogen and oxygen atoms in total. The van der Waals surface area contributed by atoms with Crippen molar-refractivity contribution in [1.82, 2.24) is 15.2 Å². The third kappa shape index (κ3) is 4.50. The van der Waals surface area contributed by atoms with Crippen molar-refractivity contribution in [3.8, 4) is 11.5 Å². The van der Waals surface area contributed by atoms with E-state index in [0.29, 0.717) is 22.2 Å². The highest BCUT2D eigenvalue weighted by molar-refractivity contribution is 8.00. The second-order valence-corrected chi connectivity index (χ2v) is 7.06. The molecular formula is C16H12Cl2N4O2S. The van der Waals surface area contributed by atoms with E-state index in [-0.39, 0.29) is 16.3 Å². The van der Waals surface area contributed by atoms with Crippen LogP contribution in [0.1, 0.15) is 6.92 Å². The maximum atomic E-state index is 12.3. The number of carbonyl (C=O) groups excluding carboxylic acids is 1. The molecule has 0 saturated carbocycles. The molecule has 128 valence electrons. The van der Waals surface area contributed by atoms with Gasteiger partial charge in [0.25, 0.3) is 5.22 Å². The van der Waals surface area contributed by atoms with E-state index in [1.54, 1.807) is 43.5 Å². The van der Waals surface area contributed by atoms with Gasteiger partial charge >= 0.3 is 0 Å². The standard InChI is InChI=1S/C16H12Cl2N4O2S/c1-9(14(23)20-12-6-3-7-19-13(12)18)25-16-22-21-15(24-16)10-4-2-5-11(17)8-10/h2-9H,1H3,(H,20,23)/t9-/m1/s1. The van der Waals surface area contributed by atoms with Crippen molar-refractivity contribution < 1.29 is 9.21 Å². The van der Waals surface area contributed by atoms with E-state index >= 15 is 0 Å². The molecule has 0 unspecified atom stereocenters. The number of rotatable bonds is 5. The van der Waals surface area contributed by atoms with Gasteiger partial charge in [-0.1, -0.05) is 41.0 Å². The van der Waals surface area contributed by atoms with Crippen LogP contribution in [0.4, 0.5) is 5.69 Å². The second-order valence-electron chi connectivity index (χ2n) is 4.97. The van der Waals surface area contributed by atoms with Crippen molar-refractivity contribution >= 4 is 46.6 Å². The van der Waals surface area contributed by atoms with Gasteiger partial charge in [-0.2, -0.15) is 0 Å². The van der Waals surface area contributed by atoms with Crippen LogP contribution >= 0.6 is 35.0 Å². The Labute approximate surface area is 158 Å². The highest BCUT2D eigenvalue weighted by Crippen LogP contribution is 2.28. The molecule has 2 aromatic heterocycles. The van der Waals surface area contributed by atoms with Crippen molar-refractivity contribution in [2.24, 2.45) is 0 Å². The topological polar surface area (TPSA) is 80.9 Å². The number of pyridine rings is 1. The molecule has 1 N–H and O–H groups in total. The largest absolute Gasteiger partial charge is 0.411 e. The first-order valence-corrected chi connectivity index (χ1v) is 8.84. The fraction of sp³-hybridized carbons (Fsp3) is 0.125. The molecule has 0 aliphatic heterocycles. The number of halogens is 2. The average Bonchev–Trinajstić information content (AvgIpc) is 3.05. The average molecular weight is 395 g/mol. The Morgan fingerprint density at radius 3 is 2.84 bits per heavy atom. The SMILES string of the molecule is C[C@@H](Sc1nnc(-c2cccc(Cl)c2)o1)C(=O)Nc1cccnc1Cl. The number of hydrogen-bond acceptors (Lipinski definition) is 6. The van der Waals surface area contributed by atoms with Crippen LogP contribution < -0.4 is 5.32 Å². The normalized spacial score (nSPS) is 12.0. The van der Waals surface area contributed by atoms with Crippen molar-refractivity contribution in [2.75, 3.05) is 5.32 Å². The van der Waals surface area contributed by atoms with Gasteiger partial charge in [-0.15, -0.1) is 10.2 Å². The number of anilines is 1. The summed E-state index contributed by atoms with van der Waals surface area (Å²) in [5, 5.41) is 11.3. The summed E-state index contributed by atoms with van der Waals surface area (Å²) in [6.07, 6.45) is 1.55. The number of aromatic nitrogens is 3. The van der Waals surface area contributed by atoms with Crippen molar-refractivity contribution in [3.05, 3.63) is 52.8 Å². The minimum absolute atomic E-state index is 0.231. The predicted octanol–water partition coefficient (Wildman–Crippen LogP) is 4.56. The minimum atomic E-state index is -0.469. The second kappa shape index (κ2) is 7.86. The third-order valence-electron chi connectivity index (χ3n) is 3.14. The smallest absolute Gasteiger partial charge is 0.277 e. The number of benzene rings is 1. The molecule has 2 heterocycles. The molecule has 3 aromatic rings. The number of hydrogen-bond donors (Lipinski definition) is 1. The van der Waals surface area contributed by atoms with E-state index < -0.39 is 5.25 Å². The van der Waals surface area contributed by atoms with Gasteiger partial charge < -0.3 is 9.73 Å². The zero-order chi connectivity index (χ0) is 17.8. The van der Waals surface area contributed by atoms with Crippen LogP contribution in [0.25, 0.3) is 11.5 Å². The lowest BCUT2D eigenvalue weighted by molar-refractivity contribution is -0.115. The first kappa shape index (κ1) is 17.7. The third-order valence-corrected chi connectivity index (χ3v) is 4.61. The maximum Gasteiger partial charge on any atom is 0.277 e. The van der Waals surface area contributed by atoms with Crippen LogP contribution in [0.3, 0.4) is 0 Å². The van der Waals surface area contributed by atoms with E-state index in [1.807, 2.05) is 6.07 Å². The zero-order valence-electron chi connectivity index (χ0n) is 12.9. The lowest BCUT2D eigenvalue weighted by Crippen LogP contribution is -2.22. The molecule has 0 spiro atoms. The lowest BCUT2D eigenvalue weighted by atomic mass is 10.2. The summed E-state index contributed by atoms with van der Waals surface area (Å²) in [4.78, 5) is 16.2. The Hall–Kier alpha value is -2.09. The van der Waals surface area contributed by atoms with E-state index in [4.69, 9.17) is 27.6 Å². The van der Waals surface area contributed by atoms with E-state index in [1.165, 1.54) is 0 Å². The van der Waals surface area contributed by atoms with Gasteiger partial charge in [0.05, 0.1) is 10.9 Å². The zero-order valence-corrected chi connectivity index (χ0v) is 15.3. The summed E-state index contributed by atoms with van der Waals surface area (Å²) in [7, 11) is 0. The molecule has 0 fully saturated rings. The Balaban J connectivity index is 1.66. The number of thioether (sulfide) groups is 1. The molecule has 0 aliphatic carbocycles. The van der Waals surface area contributed by atoms with Crippen LogP contribution in [0, 0.1) is 0 Å². The quantitative estimate of drug-likeness (QED) is 0.504. The van der Waals surface area contributed by atoms with Gasteiger partial charge in [-0.25, -0.2) is 4.98 Å². The van der Waals surface area contributed by atoms with Crippen LogP contribution in [-0.2, 0) is 4.79 Å². The highest BCUT2D eigenvalue weighted by Gasteiger charge is 2.19. The number of nitrogens with one attached hydrogen (secondary N) is 1. The molecule has 9 heteroatoms. The van der Waals surface area contributed by atoms with Crippen molar-refractivity contribution in [1.29, 1.82) is 0 Å². The monoisotopic (exact) mass is 394 g/mol.